The molecule has 0 spiro atoms. The van der Waals surface area contributed by atoms with Gasteiger partial charge in [-0.25, -0.2) is 8.78 Å². The molecule has 0 saturated heterocycles. The number of hydrogen-bond donors (Lipinski definition) is 3. The smallest absolute Gasteiger partial charge is 0.340 e. The van der Waals surface area contributed by atoms with E-state index in [4.69, 9.17) is 4.74 Å². The Hall–Kier alpha value is -2.74. The number of ether oxygens (including phenoxy) is 1. The summed E-state index contributed by atoms with van der Waals surface area (Å²) in [4.78, 5) is 3.28. The van der Waals surface area contributed by atoms with Gasteiger partial charge >= 0.3 is 12.3 Å². The van der Waals surface area contributed by atoms with Gasteiger partial charge in [-0.3, -0.25) is 0 Å². The van der Waals surface area contributed by atoms with Crippen molar-refractivity contribution in [2.75, 3.05) is 25.0 Å². The van der Waals surface area contributed by atoms with Crippen LogP contribution in [-0.2, 0) is 13.0 Å². The summed E-state index contributed by atoms with van der Waals surface area (Å²) in [5.41, 5.74) is 4.21. The largest absolute Gasteiger partial charge is 0.487 e. The van der Waals surface area contributed by atoms with Gasteiger partial charge in [-0.15, -0.1) is 0 Å². The summed E-state index contributed by atoms with van der Waals surface area (Å²) >= 11 is 0. The van der Waals surface area contributed by atoms with Crippen molar-refractivity contribution in [1.82, 2.24) is 10.3 Å². The van der Waals surface area contributed by atoms with Gasteiger partial charge in [0.25, 0.3) is 0 Å². The van der Waals surface area contributed by atoms with Gasteiger partial charge in [0.15, 0.2) is 6.61 Å². The number of fused-ring (bicyclic) bond motifs is 1. The molecule has 0 amide bonds. The van der Waals surface area contributed by atoms with Gasteiger partial charge in [0.2, 0.25) is 0 Å². The predicted octanol–water partition coefficient (Wildman–Crippen LogP) is 5.60. The highest BCUT2D eigenvalue weighted by atomic mass is 19.3. The lowest BCUT2D eigenvalue weighted by Gasteiger charge is -2.16. The van der Waals surface area contributed by atoms with Gasteiger partial charge in [-0.1, -0.05) is 19.1 Å². The third-order valence-corrected chi connectivity index (χ3v) is 4.90. The Bertz CT molecular complexity index is 974. The summed E-state index contributed by atoms with van der Waals surface area (Å²) in [5, 5.41) is 7.89. The predicted molar refractivity (Wildman–Crippen MR) is 115 cm³/mol. The Morgan fingerprint density at radius 2 is 1.94 bits per heavy atom. The van der Waals surface area contributed by atoms with Gasteiger partial charge in [0, 0.05) is 35.9 Å². The molecule has 2 aromatic carbocycles. The number of alkyl halides is 4. The minimum Gasteiger partial charge on any atom is -0.487 e. The fraction of sp³-hybridized carbons (Fsp3) is 0.391. The van der Waals surface area contributed by atoms with E-state index >= 15 is 0 Å². The number of halogens is 4. The second-order valence-corrected chi connectivity index (χ2v) is 7.43. The van der Waals surface area contributed by atoms with Crippen molar-refractivity contribution in [3.63, 3.8) is 0 Å². The van der Waals surface area contributed by atoms with Crippen molar-refractivity contribution >= 4 is 16.6 Å². The SMILES string of the molecule is CCCNc1ccc2[nH]cc(CCNCc3cccc(OCC(F)(F)C(F)F)c3)c2c1. The molecule has 31 heavy (non-hydrogen) atoms. The van der Waals surface area contributed by atoms with E-state index in [1.807, 2.05) is 12.3 Å². The van der Waals surface area contributed by atoms with Crippen LogP contribution in [0.4, 0.5) is 23.2 Å². The van der Waals surface area contributed by atoms with Gasteiger partial charge in [-0.2, -0.15) is 8.78 Å². The molecule has 3 aromatic rings. The van der Waals surface area contributed by atoms with Crippen molar-refractivity contribution in [1.29, 1.82) is 0 Å². The number of rotatable bonds is 12. The zero-order valence-corrected chi connectivity index (χ0v) is 17.4. The summed E-state index contributed by atoms with van der Waals surface area (Å²) < 4.78 is 55.4. The van der Waals surface area contributed by atoms with E-state index in [0.717, 1.165) is 36.2 Å². The Labute approximate surface area is 179 Å². The third kappa shape index (κ3) is 6.37. The van der Waals surface area contributed by atoms with Crippen LogP contribution in [0.2, 0.25) is 0 Å². The van der Waals surface area contributed by atoms with Crippen molar-refractivity contribution in [2.24, 2.45) is 0 Å². The summed E-state index contributed by atoms with van der Waals surface area (Å²) in [7, 11) is 0. The number of H-pyrrole nitrogens is 1. The molecule has 0 aliphatic rings. The van der Waals surface area contributed by atoms with Crippen LogP contribution in [0.1, 0.15) is 24.5 Å². The second kappa shape index (κ2) is 10.5. The van der Waals surface area contributed by atoms with Gasteiger partial charge in [0.1, 0.15) is 5.75 Å². The van der Waals surface area contributed by atoms with E-state index in [-0.39, 0.29) is 5.75 Å². The first-order chi connectivity index (χ1) is 14.9. The molecule has 3 rings (SSSR count). The minimum atomic E-state index is -4.17. The average molecular weight is 437 g/mol. The molecule has 0 aliphatic carbocycles. The van der Waals surface area contributed by atoms with Crippen LogP contribution >= 0.6 is 0 Å². The molecule has 8 heteroatoms. The lowest BCUT2D eigenvalue weighted by molar-refractivity contribution is -0.148. The number of benzene rings is 2. The number of aromatic nitrogens is 1. The van der Waals surface area contributed by atoms with E-state index in [1.165, 1.54) is 17.0 Å². The normalized spacial score (nSPS) is 11.9. The maximum atomic E-state index is 13.0. The van der Waals surface area contributed by atoms with Crippen LogP contribution < -0.4 is 15.4 Å². The maximum Gasteiger partial charge on any atom is 0.340 e. The molecule has 0 saturated carbocycles. The fourth-order valence-corrected chi connectivity index (χ4v) is 3.21. The lowest BCUT2D eigenvalue weighted by Crippen LogP contribution is -2.33. The summed E-state index contributed by atoms with van der Waals surface area (Å²) in [5.74, 6) is -4.03. The lowest BCUT2D eigenvalue weighted by atomic mass is 10.1. The quantitative estimate of drug-likeness (QED) is 0.255. The average Bonchev–Trinajstić information content (AvgIpc) is 3.16. The first-order valence-electron chi connectivity index (χ1n) is 10.3. The van der Waals surface area contributed by atoms with Crippen molar-refractivity contribution < 1.29 is 22.3 Å². The van der Waals surface area contributed by atoms with Gasteiger partial charge in [0.05, 0.1) is 0 Å². The minimum absolute atomic E-state index is 0.142. The van der Waals surface area contributed by atoms with Crippen LogP contribution in [0.25, 0.3) is 10.9 Å². The molecule has 0 atom stereocenters. The van der Waals surface area contributed by atoms with Crippen LogP contribution in [0.5, 0.6) is 5.75 Å². The fourth-order valence-electron chi connectivity index (χ4n) is 3.21. The molecule has 4 nitrogen and oxygen atoms in total. The van der Waals surface area contributed by atoms with Crippen molar-refractivity contribution in [3.05, 3.63) is 59.8 Å². The van der Waals surface area contributed by atoms with Crippen LogP contribution in [0.3, 0.4) is 0 Å². The number of hydrogen-bond acceptors (Lipinski definition) is 3. The molecule has 0 bridgehead atoms. The first-order valence-corrected chi connectivity index (χ1v) is 10.3. The number of nitrogens with one attached hydrogen (secondary N) is 3. The van der Waals surface area contributed by atoms with Gasteiger partial charge in [-0.05, 0) is 60.8 Å². The van der Waals surface area contributed by atoms with E-state index in [1.54, 1.807) is 12.1 Å². The Morgan fingerprint density at radius 3 is 2.71 bits per heavy atom. The molecular formula is C23H27F4N3O. The second-order valence-electron chi connectivity index (χ2n) is 7.43. The summed E-state index contributed by atoms with van der Waals surface area (Å²) in [6.07, 6.45) is 0.130. The molecule has 3 N–H and O–H groups in total. The summed E-state index contributed by atoms with van der Waals surface area (Å²) in [6.45, 7) is 2.92. The Morgan fingerprint density at radius 1 is 1.10 bits per heavy atom. The number of aromatic amines is 1. The van der Waals surface area contributed by atoms with Crippen LogP contribution in [-0.4, -0.2) is 37.0 Å². The highest BCUT2D eigenvalue weighted by Gasteiger charge is 2.41. The Kier molecular flexibility index (Phi) is 7.79. The van der Waals surface area contributed by atoms with Crippen molar-refractivity contribution in [3.8, 4) is 5.75 Å². The molecule has 0 fully saturated rings. The van der Waals surface area contributed by atoms with E-state index in [2.05, 4.69) is 40.7 Å². The molecule has 0 radical (unpaired) electrons. The summed E-state index contributed by atoms with van der Waals surface area (Å²) in [6, 6.07) is 12.8. The molecule has 1 aromatic heterocycles. The van der Waals surface area contributed by atoms with Crippen LogP contribution in [0.15, 0.2) is 48.7 Å². The monoisotopic (exact) mass is 437 g/mol. The first kappa shape index (κ1) is 22.9. The molecule has 168 valence electrons. The maximum absolute atomic E-state index is 13.0. The third-order valence-electron chi connectivity index (χ3n) is 4.90. The van der Waals surface area contributed by atoms with E-state index in [0.29, 0.717) is 13.1 Å². The zero-order valence-electron chi connectivity index (χ0n) is 17.4. The van der Waals surface area contributed by atoms with Gasteiger partial charge < -0.3 is 20.4 Å². The van der Waals surface area contributed by atoms with E-state index in [9.17, 15) is 17.6 Å². The number of anilines is 1. The standard InChI is InChI=1S/C23H27F4N3O/c1-2-9-29-18-6-7-21-20(12-18)17(14-30-21)8-10-28-13-16-4-3-5-19(11-16)31-15-23(26,27)22(24)25/h3-7,11-12,14,22,28-30H,2,8-10,13,15H2,1H3. The molecular weight excluding hydrogens is 410 g/mol. The van der Waals surface area contributed by atoms with E-state index < -0.39 is 19.0 Å². The van der Waals surface area contributed by atoms with Crippen molar-refractivity contribution in [2.45, 2.75) is 38.7 Å². The van der Waals surface area contributed by atoms with Crippen LogP contribution in [0, 0.1) is 0 Å². The topological polar surface area (TPSA) is 49.1 Å². The highest BCUT2D eigenvalue weighted by molar-refractivity contribution is 5.86. The Balaban J connectivity index is 1.51. The molecule has 0 aliphatic heterocycles. The molecule has 1 heterocycles. The molecule has 0 unspecified atom stereocenters. The highest BCUT2D eigenvalue weighted by Crippen LogP contribution is 2.25. The zero-order chi connectivity index (χ0) is 22.3.